The van der Waals surface area contributed by atoms with Gasteiger partial charge >= 0.3 is 0 Å². The van der Waals surface area contributed by atoms with Crippen LogP contribution in [0.4, 0.5) is 0 Å². The van der Waals surface area contributed by atoms with Gasteiger partial charge in [0.05, 0.1) is 17.1 Å². The molecule has 0 radical (unpaired) electrons. The Labute approximate surface area is 64.4 Å². The molecular formula is C6H15NO2S. The van der Waals surface area contributed by atoms with Crippen molar-refractivity contribution in [2.45, 2.75) is 26.4 Å². The third-order valence-electron chi connectivity index (χ3n) is 0.929. The Hall–Kier alpha value is 0.0700. The summed E-state index contributed by atoms with van der Waals surface area (Å²) >= 11 is 0. The van der Waals surface area contributed by atoms with Gasteiger partial charge in [0.25, 0.3) is 0 Å². The molecule has 0 spiro atoms. The highest BCUT2D eigenvalue weighted by Crippen LogP contribution is 1.82. The molecule has 0 amide bonds. The van der Waals surface area contributed by atoms with Crippen LogP contribution in [-0.4, -0.2) is 27.7 Å². The molecule has 0 fully saturated rings. The topological polar surface area (TPSA) is 49.3 Å². The largest absolute Gasteiger partial charge is 0.392 e. The number of hydrogen-bond donors (Lipinski definition) is 2. The molecule has 0 bridgehead atoms. The second-order valence-electron chi connectivity index (χ2n) is 2.25. The molecule has 0 aromatic carbocycles. The lowest BCUT2D eigenvalue weighted by atomic mass is 10.4. The molecule has 0 saturated heterocycles. The Morgan fingerprint density at radius 3 is 2.70 bits per heavy atom. The Balaban J connectivity index is 3.22. The van der Waals surface area contributed by atoms with Crippen molar-refractivity contribution in [3.05, 3.63) is 0 Å². The van der Waals surface area contributed by atoms with E-state index in [1.54, 1.807) is 6.92 Å². The maximum Gasteiger partial charge on any atom is 0.0916 e. The van der Waals surface area contributed by atoms with Crippen LogP contribution < -0.4 is 4.72 Å². The second-order valence-corrected chi connectivity index (χ2v) is 3.64. The summed E-state index contributed by atoms with van der Waals surface area (Å²) in [5.41, 5.74) is 0. The Bertz CT molecular complexity index is 106. The van der Waals surface area contributed by atoms with E-state index in [9.17, 15) is 4.21 Å². The minimum Gasteiger partial charge on any atom is -0.392 e. The van der Waals surface area contributed by atoms with Crippen molar-refractivity contribution in [3.63, 3.8) is 0 Å². The van der Waals surface area contributed by atoms with Crippen LogP contribution in [0.25, 0.3) is 0 Å². The highest BCUT2D eigenvalue weighted by Gasteiger charge is 1.98. The summed E-state index contributed by atoms with van der Waals surface area (Å²) in [5.74, 6) is 0.659. The van der Waals surface area contributed by atoms with E-state index in [0.29, 0.717) is 12.3 Å². The highest BCUT2D eigenvalue weighted by atomic mass is 32.2. The zero-order chi connectivity index (χ0) is 7.98. The number of rotatable bonds is 5. The van der Waals surface area contributed by atoms with Crippen molar-refractivity contribution in [1.29, 1.82) is 0 Å². The third kappa shape index (κ3) is 6.19. The van der Waals surface area contributed by atoms with Crippen LogP contribution >= 0.6 is 0 Å². The molecule has 2 atom stereocenters. The second kappa shape index (κ2) is 5.82. The van der Waals surface area contributed by atoms with Crippen LogP contribution in [0, 0.1) is 0 Å². The molecule has 0 rings (SSSR count). The molecule has 0 aliphatic rings. The smallest absolute Gasteiger partial charge is 0.0916 e. The van der Waals surface area contributed by atoms with Crippen LogP contribution in [0.5, 0.6) is 0 Å². The summed E-state index contributed by atoms with van der Waals surface area (Å²) in [5, 5.41) is 8.77. The number of nitrogens with one attached hydrogen (secondary N) is 1. The van der Waals surface area contributed by atoms with E-state index < -0.39 is 17.1 Å². The summed E-state index contributed by atoms with van der Waals surface area (Å²) < 4.78 is 13.5. The minimum atomic E-state index is -0.951. The molecule has 10 heavy (non-hydrogen) atoms. The maximum atomic E-state index is 10.8. The van der Waals surface area contributed by atoms with E-state index >= 15 is 0 Å². The Morgan fingerprint density at radius 1 is 1.70 bits per heavy atom. The predicted molar refractivity (Wildman–Crippen MR) is 43.0 cm³/mol. The van der Waals surface area contributed by atoms with E-state index in [2.05, 4.69) is 4.72 Å². The predicted octanol–water partition coefficient (Wildman–Crippen LogP) is 0.0305. The summed E-state index contributed by atoms with van der Waals surface area (Å²) in [6.45, 7) is 4.05. The molecule has 4 heteroatoms. The molecule has 0 aliphatic carbocycles. The number of hydrogen-bond acceptors (Lipinski definition) is 2. The van der Waals surface area contributed by atoms with E-state index in [-0.39, 0.29) is 0 Å². The minimum absolute atomic E-state index is 0.409. The van der Waals surface area contributed by atoms with Gasteiger partial charge in [-0.15, -0.1) is 0 Å². The quantitative estimate of drug-likeness (QED) is 0.604. The molecule has 0 aliphatic heterocycles. The lowest BCUT2D eigenvalue weighted by molar-refractivity contribution is 0.199. The fraction of sp³-hybridized carbons (Fsp3) is 1.00. The van der Waals surface area contributed by atoms with Crippen molar-refractivity contribution in [2.75, 3.05) is 12.3 Å². The van der Waals surface area contributed by atoms with Crippen LogP contribution in [-0.2, 0) is 11.0 Å². The van der Waals surface area contributed by atoms with Crippen molar-refractivity contribution in [3.8, 4) is 0 Å². The molecule has 0 heterocycles. The molecule has 62 valence electrons. The zero-order valence-electron chi connectivity index (χ0n) is 6.46. The van der Waals surface area contributed by atoms with Crippen LogP contribution in [0.15, 0.2) is 0 Å². The summed E-state index contributed by atoms with van der Waals surface area (Å²) in [6, 6.07) is 0. The third-order valence-corrected chi connectivity index (χ3v) is 2.20. The van der Waals surface area contributed by atoms with E-state index in [4.69, 9.17) is 5.11 Å². The summed E-state index contributed by atoms with van der Waals surface area (Å²) in [4.78, 5) is 0. The van der Waals surface area contributed by atoms with E-state index in [1.807, 2.05) is 6.92 Å². The molecule has 0 aromatic rings. The summed E-state index contributed by atoms with van der Waals surface area (Å²) in [6.07, 6.45) is 0.486. The first-order chi connectivity index (χ1) is 4.66. The molecule has 1 unspecified atom stereocenters. The standard InChI is InChI=1S/C6H15NO2S/c1-3-4-10(9)7-5-6(2)8/h6-8H,3-5H2,1-2H3/t6-,10?/m0/s1. The zero-order valence-corrected chi connectivity index (χ0v) is 7.28. The van der Waals surface area contributed by atoms with Crippen molar-refractivity contribution in [1.82, 2.24) is 4.72 Å². The SMILES string of the molecule is CCCS(=O)NC[C@H](C)O. The average Bonchev–Trinajstić information content (AvgIpc) is 1.85. The van der Waals surface area contributed by atoms with Gasteiger partial charge in [0.15, 0.2) is 0 Å². The molecular weight excluding hydrogens is 150 g/mol. The fourth-order valence-electron chi connectivity index (χ4n) is 0.471. The number of aliphatic hydroxyl groups is 1. The van der Waals surface area contributed by atoms with Gasteiger partial charge in [-0.25, -0.2) is 8.93 Å². The van der Waals surface area contributed by atoms with Crippen molar-refractivity contribution < 1.29 is 9.32 Å². The van der Waals surface area contributed by atoms with Gasteiger partial charge < -0.3 is 5.11 Å². The number of aliphatic hydroxyl groups excluding tert-OH is 1. The summed E-state index contributed by atoms with van der Waals surface area (Å²) in [7, 11) is -0.951. The maximum absolute atomic E-state index is 10.8. The molecule has 0 saturated carbocycles. The van der Waals surface area contributed by atoms with Gasteiger partial charge in [-0.05, 0) is 13.3 Å². The normalized spacial score (nSPS) is 16.7. The molecule has 2 N–H and O–H groups in total. The highest BCUT2D eigenvalue weighted by molar-refractivity contribution is 7.83. The first-order valence-electron chi connectivity index (χ1n) is 3.46. The van der Waals surface area contributed by atoms with E-state index in [0.717, 1.165) is 6.42 Å². The molecule has 3 nitrogen and oxygen atoms in total. The Kier molecular flexibility index (Phi) is 5.87. The average molecular weight is 165 g/mol. The fourth-order valence-corrected chi connectivity index (χ4v) is 1.41. The van der Waals surface area contributed by atoms with Gasteiger partial charge in [0.2, 0.25) is 0 Å². The van der Waals surface area contributed by atoms with Crippen LogP contribution in [0.2, 0.25) is 0 Å². The lowest BCUT2D eigenvalue weighted by Gasteiger charge is -2.04. The van der Waals surface area contributed by atoms with Gasteiger partial charge in [0, 0.05) is 12.3 Å². The van der Waals surface area contributed by atoms with Gasteiger partial charge in [-0.2, -0.15) is 0 Å². The van der Waals surface area contributed by atoms with Crippen LogP contribution in [0.1, 0.15) is 20.3 Å². The Morgan fingerprint density at radius 2 is 2.30 bits per heavy atom. The van der Waals surface area contributed by atoms with Gasteiger partial charge in [-0.1, -0.05) is 6.92 Å². The monoisotopic (exact) mass is 165 g/mol. The lowest BCUT2D eigenvalue weighted by Crippen LogP contribution is -2.27. The van der Waals surface area contributed by atoms with Crippen molar-refractivity contribution >= 4 is 11.0 Å². The first kappa shape index (κ1) is 10.1. The van der Waals surface area contributed by atoms with E-state index in [1.165, 1.54) is 0 Å². The molecule has 0 aromatic heterocycles. The van der Waals surface area contributed by atoms with Crippen LogP contribution in [0.3, 0.4) is 0 Å². The van der Waals surface area contributed by atoms with Gasteiger partial charge in [0.1, 0.15) is 0 Å². The first-order valence-corrected chi connectivity index (χ1v) is 4.78. The van der Waals surface area contributed by atoms with Crippen molar-refractivity contribution in [2.24, 2.45) is 0 Å². The van der Waals surface area contributed by atoms with Gasteiger partial charge in [-0.3, -0.25) is 0 Å².